The van der Waals surface area contributed by atoms with Gasteiger partial charge < -0.3 is 4.90 Å². The first-order valence-electron chi connectivity index (χ1n) is 26.3. The number of anilines is 3. The van der Waals surface area contributed by atoms with Gasteiger partial charge in [-0.05, 0) is 147 Å². The molecule has 1 aliphatic carbocycles. The van der Waals surface area contributed by atoms with Crippen molar-refractivity contribution in [2.75, 3.05) is 4.90 Å². The highest BCUT2D eigenvalue weighted by atomic mass is 15.1. The SMILES string of the molecule is c1ccc(-c2ccc(-c3ccc(N(c4ccc(-c5ccc(-c6ccccc6)cc5)cc4)c4cc5c(cc4-c4cc6ccccc6c6ccccc46)-c4ccccc4C5(c4ccccc4)c4ccccc4)cc3)cc2)cc1. The summed E-state index contributed by atoms with van der Waals surface area (Å²) in [6.07, 6.45) is 0. The molecule has 1 heteroatoms. The molecule has 13 aromatic rings. The fourth-order valence-corrected chi connectivity index (χ4v) is 12.2. The van der Waals surface area contributed by atoms with Crippen LogP contribution in [0.15, 0.2) is 309 Å². The smallest absolute Gasteiger partial charge is 0.0714 e. The van der Waals surface area contributed by atoms with Gasteiger partial charge in [-0.15, -0.1) is 0 Å². The minimum atomic E-state index is -0.607. The Morgan fingerprint density at radius 3 is 1.11 bits per heavy atom. The van der Waals surface area contributed by atoms with Crippen molar-refractivity contribution in [3.05, 3.63) is 332 Å². The monoisotopic (exact) mass is 965 g/mol. The lowest BCUT2D eigenvalue weighted by atomic mass is 9.67. The predicted octanol–water partition coefficient (Wildman–Crippen LogP) is 20.2. The first-order chi connectivity index (χ1) is 37.7. The molecule has 0 fully saturated rings. The molecule has 0 N–H and O–H groups in total. The molecule has 0 unspecified atom stereocenters. The normalized spacial score (nSPS) is 12.3. The van der Waals surface area contributed by atoms with E-state index in [4.69, 9.17) is 0 Å². The third kappa shape index (κ3) is 7.63. The van der Waals surface area contributed by atoms with Crippen molar-refractivity contribution < 1.29 is 0 Å². The summed E-state index contributed by atoms with van der Waals surface area (Å²) in [5.74, 6) is 0. The Morgan fingerprint density at radius 2 is 0.605 bits per heavy atom. The number of hydrogen-bond acceptors (Lipinski definition) is 1. The van der Waals surface area contributed by atoms with Gasteiger partial charge in [0.25, 0.3) is 0 Å². The molecule has 1 nitrogen and oxygen atoms in total. The molecule has 0 amide bonds. The lowest BCUT2D eigenvalue weighted by Crippen LogP contribution is -2.28. The first-order valence-corrected chi connectivity index (χ1v) is 26.3. The Morgan fingerprint density at radius 1 is 0.224 bits per heavy atom. The van der Waals surface area contributed by atoms with Crippen molar-refractivity contribution in [3.63, 3.8) is 0 Å². The molecule has 14 rings (SSSR count). The van der Waals surface area contributed by atoms with E-state index >= 15 is 0 Å². The van der Waals surface area contributed by atoms with Gasteiger partial charge in [-0.2, -0.15) is 0 Å². The van der Waals surface area contributed by atoms with E-state index in [0.717, 1.165) is 33.8 Å². The van der Waals surface area contributed by atoms with Crippen LogP contribution in [0.1, 0.15) is 22.3 Å². The summed E-state index contributed by atoms with van der Waals surface area (Å²) >= 11 is 0. The molecule has 0 radical (unpaired) electrons. The van der Waals surface area contributed by atoms with E-state index in [1.54, 1.807) is 0 Å². The fraction of sp³-hybridized carbons (Fsp3) is 0.0133. The van der Waals surface area contributed by atoms with Gasteiger partial charge in [-0.1, -0.05) is 267 Å². The summed E-state index contributed by atoms with van der Waals surface area (Å²) in [5, 5.41) is 4.92. The van der Waals surface area contributed by atoms with Crippen molar-refractivity contribution in [1.82, 2.24) is 0 Å². The second-order valence-corrected chi connectivity index (χ2v) is 19.9. The van der Waals surface area contributed by atoms with E-state index in [2.05, 4.69) is 314 Å². The number of hydrogen-bond donors (Lipinski definition) is 0. The Labute approximate surface area is 444 Å². The predicted molar refractivity (Wildman–Crippen MR) is 321 cm³/mol. The van der Waals surface area contributed by atoms with Gasteiger partial charge in [0.2, 0.25) is 0 Å². The summed E-state index contributed by atoms with van der Waals surface area (Å²) in [5.41, 5.74) is 22.0. The Balaban J connectivity index is 1.02. The molecule has 356 valence electrons. The molecule has 76 heavy (non-hydrogen) atoms. The van der Waals surface area contributed by atoms with Crippen LogP contribution in [0.4, 0.5) is 17.1 Å². The Bertz CT molecular complexity index is 4040. The third-order valence-corrected chi connectivity index (χ3v) is 15.8. The average molecular weight is 966 g/mol. The van der Waals surface area contributed by atoms with E-state index in [1.807, 2.05) is 0 Å². The molecular weight excluding hydrogens is 915 g/mol. The van der Waals surface area contributed by atoms with Crippen LogP contribution in [0, 0.1) is 0 Å². The summed E-state index contributed by atoms with van der Waals surface area (Å²) in [6.45, 7) is 0. The van der Waals surface area contributed by atoms with Crippen molar-refractivity contribution in [2.24, 2.45) is 0 Å². The van der Waals surface area contributed by atoms with Crippen molar-refractivity contribution in [2.45, 2.75) is 5.41 Å². The van der Waals surface area contributed by atoms with Gasteiger partial charge in [0.05, 0.1) is 11.1 Å². The van der Waals surface area contributed by atoms with Crippen LogP contribution in [0.3, 0.4) is 0 Å². The zero-order chi connectivity index (χ0) is 50.4. The number of fused-ring (bicyclic) bond motifs is 6. The molecule has 1 aliphatic rings. The highest BCUT2D eigenvalue weighted by Gasteiger charge is 2.47. The molecule has 0 saturated carbocycles. The van der Waals surface area contributed by atoms with Gasteiger partial charge >= 0.3 is 0 Å². The van der Waals surface area contributed by atoms with Gasteiger partial charge in [-0.3, -0.25) is 0 Å². The van der Waals surface area contributed by atoms with Gasteiger partial charge in [-0.25, -0.2) is 0 Å². The van der Waals surface area contributed by atoms with Crippen LogP contribution < -0.4 is 4.90 Å². The lowest BCUT2D eigenvalue weighted by Gasteiger charge is -2.35. The molecular formula is C75H51N. The molecule has 0 saturated heterocycles. The number of nitrogens with zero attached hydrogens (tertiary/aromatic N) is 1. The summed E-state index contributed by atoms with van der Waals surface area (Å²) in [4.78, 5) is 2.51. The van der Waals surface area contributed by atoms with Gasteiger partial charge in [0.15, 0.2) is 0 Å². The topological polar surface area (TPSA) is 3.24 Å². The summed E-state index contributed by atoms with van der Waals surface area (Å²) < 4.78 is 0. The maximum atomic E-state index is 2.54. The van der Waals surface area contributed by atoms with E-state index in [-0.39, 0.29) is 0 Å². The molecule has 0 aliphatic heterocycles. The first kappa shape index (κ1) is 44.8. The molecule has 0 spiro atoms. The fourth-order valence-electron chi connectivity index (χ4n) is 12.2. The standard InChI is InChI=1S/C75H51N/c1-5-19-52(20-6-1)54-33-37-56(38-34-54)58-41-45-63(46-42-58)76(64-47-43-59(44-48-64)57-39-35-55(36-40-57)53-21-7-2-8-22-53)74-51-73-70(50-71(74)69-49-60-23-13-14-28-65(60)66-29-15-16-30-67(66)69)68-31-17-18-32-72(68)75(73,61-24-9-3-10-25-61)62-26-11-4-12-27-62/h1-51H. The van der Waals surface area contributed by atoms with Gasteiger partial charge in [0.1, 0.15) is 0 Å². The summed E-state index contributed by atoms with van der Waals surface area (Å²) in [6, 6.07) is 114. The average Bonchev–Trinajstić information content (AvgIpc) is 4.06. The minimum absolute atomic E-state index is 0.607. The maximum absolute atomic E-state index is 2.54. The van der Waals surface area contributed by atoms with Crippen molar-refractivity contribution in [3.8, 4) is 66.8 Å². The zero-order valence-corrected chi connectivity index (χ0v) is 41.9. The van der Waals surface area contributed by atoms with Crippen LogP contribution in [-0.4, -0.2) is 0 Å². The van der Waals surface area contributed by atoms with Crippen molar-refractivity contribution in [1.29, 1.82) is 0 Å². The lowest BCUT2D eigenvalue weighted by molar-refractivity contribution is 0.768. The molecule has 0 bridgehead atoms. The summed E-state index contributed by atoms with van der Waals surface area (Å²) in [7, 11) is 0. The van der Waals surface area contributed by atoms with Crippen LogP contribution >= 0.6 is 0 Å². The second kappa shape index (κ2) is 18.9. The highest BCUT2D eigenvalue weighted by molar-refractivity contribution is 6.15. The van der Waals surface area contributed by atoms with E-state index in [1.165, 1.54) is 93.9 Å². The largest absolute Gasteiger partial charge is 0.310 e. The highest BCUT2D eigenvalue weighted by Crippen LogP contribution is 2.59. The third-order valence-electron chi connectivity index (χ3n) is 15.8. The van der Waals surface area contributed by atoms with E-state index < -0.39 is 5.41 Å². The van der Waals surface area contributed by atoms with Crippen LogP contribution in [-0.2, 0) is 5.41 Å². The Kier molecular flexibility index (Phi) is 11.2. The van der Waals surface area contributed by atoms with E-state index in [9.17, 15) is 0 Å². The van der Waals surface area contributed by atoms with Crippen LogP contribution in [0.2, 0.25) is 0 Å². The van der Waals surface area contributed by atoms with Crippen LogP contribution in [0.5, 0.6) is 0 Å². The maximum Gasteiger partial charge on any atom is 0.0714 e. The Hall–Kier alpha value is -9.82. The molecule has 0 heterocycles. The molecule has 13 aromatic carbocycles. The van der Waals surface area contributed by atoms with E-state index in [0.29, 0.717) is 0 Å². The van der Waals surface area contributed by atoms with Gasteiger partial charge in [0, 0.05) is 16.9 Å². The zero-order valence-electron chi connectivity index (χ0n) is 41.9. The number of rotatable bonds is 10. The van der Waals surface area contributed by atoms with Crippen LogP contribution in [0.25, 0.3) is 88.3 Å². The minimum Gasteiger partial charge on any atom is -0.310 e. The second-order valence-electron chi connectivity index (χ2n) is 19.9. The quantitative estimate of drug-likeness (QED) is 0.123. The van der Waals surface area contributed by atoms with Crippen molar-refractivity contribution >= 4 is 38.6 Å². The molecule has 0 aromatic heterocycles. The molecule has 0 atom stereocenters. The number of benzene rings is 13.